The van der Waals surface area contributed by atoms with Gasteiger partial charge in [0.05, 0.1) is 10.6 Å². The third kappa shape index (κ3) is 4.23. The molecule has 144 valence electrons. The second-order valence-electron chi connectivity index (χ2n) is 6.14. The first-order valence-electron chi connectivity index (χ1n) is 8.81. The predicted molar refractivity (Wildman–Crippen MR) is 107 cm³/mol. The lowest BCUT2D eigenvalue weighted by Crippen LogP contribution is -2.31. The molecule has 0 fully saturated rings. The highest BCUT2D eigenvalue weighted by Crippen LogP contribution is 2.22. The lowest BCUT2D eigenvalue weighted by molar-refractivity contribution is -0.141. The number of carbonyl (C=O) groups is 3. The zero-order valence-corrected chi connectivity index (χ0v) is 16.0. The largest absolute Gasteiger partial charge is 0.456 e. The Morgan fingerprint density at radius 2 is 1.86 bits per heavy atom. The summed E-state index contributed by atoms with van der Waals surface area (Å²) >= 11 is 5.94. The predicted octanol–water partition coefficient (Wildman–Crippen LogP) is 3.54. The summed E-state index contributed by atoms with van der Waals surface area (Å²) in [4.78, 5) is 39.4. The maximum atomic E-state index is 12.4. The molecule has 0 aliphatic carbocycles. The molecule has 0 aliphatic rings. The van der Waals surface area contributed by atoms with Gasteiger partial charge >= 0.3 is 5.97 Å². The lowest BCUT2D eigenvalue weighted by Gasteiger charge is -2.07. The fourth-order valence-electron chi connectivity index (χ4n) is 2.91. The van der Waals surface area contributed by atoms with E-state index in [1.165, 1.54) is 0 Å². The van der Waals surface area contributed by atoms with Gasteiger partial charge in [0.1, 0.15) is 6.54 Å². The molecule has 6 nitrogen and oxygen atoms in total. The summed E-state index contributed by atoms with van der Waals surface area (Å²) < 4.78 is 5.00. The van der Waals surface area contributed by atoms with E-state index in [-0.39, 0.29) is 22.9 Å². The number of hydrogen-bond donors (Lipinski definition) is 2. The van der Waals surface area contributed by atoms with Crippen LogP contribution >= 0.6 is 11.6 Å². The number of amides is 1. The van der Waals surface area contributed by atoms with Crippen molar-refractivity contribution in [1.29, 1.82) is 0 Å². The maximum absolute atomic E-state index is 12.4. The number of aryl methyl sites for hydroxylation is 1. The van der Waals surface area contributed by atoms with Crippen LogP contribution in [0.4, 0.5) is 0 Å². The van der Waals surface area contributed by atoms with Gasteiger partial charge in [-0.1, -0.05) is 48.9 Å². The number of esters is 1. The lowest BCUT2D eigenvalue weighted by atomic mass is 10.1. The Balaban J connectivity index is 1.56. The average Bonchev–Trinajstić information content (AvgIpc) is 3.15. The van der Waals surface area contributed by atoms with Crippen LogP contribution in [0.25, 0.3) is 10.9 Å². The number of rotatable bonds is 7. The average molecular weight is 399 g/mol. The SMILES string of the molecule is CCc1cccc2c(C(=O)COC(=O)CNC(=O)c3ccccc3Cl)c[nH]c12. The van der Waals surface area contributed by atoms with Crippen molar-refractivity contribution in [2.45, 2.75) is 13.3 Å². The van der Waals surface area contributed by atoms with Crippen molar-refractivity contribution in [3.8, 4) is 0 Å². The molecule has 7 heteroatoms. The fraction of sp³-hybridized carbons (Fsp3) is 0.190. The van der Waals surface area contributed by atoms with Crippen LogP contribution in [0.15, 0.2) is 48.7 Å². The van der Waals surface area contributed by atoms with Crippen LogP contribution in [0.5, 0.6) is 0 Å². The maximum Gasteiger partial charge on any atom is 0.325 e. The molecule has 1 aromatic heterocycles. The number of fused-ring (bicyclic) bond motifs is 1. The molecule has 1 heterocycles. The van der Waals surface area contributed by atoms with Crippen LogP contribution < -0.4 is 5.32 Å². The summed E-state index contributed by atoms with van der Waals surface area (Å²) in [5, 5.41) is 3.51. The van der Waals surface area contributed by atoms with Crippen LogP contribution in [0.1, 0.15) is 33.2 Å². The molecular weight excluding hydrogens is 380 g/mol. The number of nitrogens with one attached hydrogen (secondary N) is 2. The highest BCUT2D eigenvalue weighted by atomic mass is 35.5. The highest BCUT2D eigenvalue weighted by Gasteiger charge is 2.16. The number of para-hydroxylation sites is 1. The molecule has 0 bridgehead atoms. The summed E-state index contributed by atoms with van der Waals surface area (Å²) in [7, 11) is 0. The Morgan fingerprint density at radius 1 is 1.07 bits per heavy atom. The molecule has 2 N–H and O–H groups in total. The van der Waals surface area contributed by atoms with E-state index in [0.29, 0.717) is 5.56 Å². The first-order chi connectivity index (χ1) is 13.5. The zero-order valence-electron chi connectivity index (χ0n) is 15.3. The van der Waals surface area contributed by atoms with Crippen LogP contribution in [0, 0.1) is 0 Å². The summed E-state index contributed by atoms with van der Waals surface area (Å²) in [6.07, 6.45) is 2.46. The number of halogens is 1. The van der Waals surface area contributed by atoms with E-state index in [9.17, 15) is 14.4 Å². The van der Waals surface area contributed by atoms with E-state index in [1.807, 2.05) is 25.1 Å². The Morgan fingerprint density at radius 3 is 2.61 bits per heavy atom. The zero-order chi connectivity index (χ0) is 20.1. The van der Waals surface area contributed by atoms with Crippen molar-refractivity contribution in [2.24, 2.45) is 0 Å². The fourth-order valence-corrected chi connectivity index (χ4v) is 3.13. The minimum absolute atomic E-state index is 0.263. The van der Waals surface area contributed by atoms with Crippen LogP contribution in [0.3, 0.4) is 0 Å². The van der Waals surface area contributed by atoms with E-state index < -0.39 is 18.5 Å². The number of aromatic amines is 1. The summed E-state index contributed by atoms with van der Waals surface area (Å²) in [6.45, 7) is 1.28. The third-order valence-corrected chi connectivity index (χ3v) is 4.69. The minimum atomic E-state index is -0.706. The molecule has 0 radical (unpaired) electrons. The van der Waals surface area contributed by atoms with Crippen LogP contribution in [0.2, 0.25) is 5.02 Å². The number of H-pyrrole nitrogens is 1. The Kier molecular flexibility index (Phi) is 6.11. The topological polar surface area (TPSA) is 88.3 Å². The second kappa shape index (κ2) is 8.71. The van der Waals surface area contributed by atoms with Gasteiger partial charge in [-0.05, 0) is 24.1 Å². The van der Waals surface area contributed by atoms with Crippen molar-refractivity contribution >= 4 is 40.2 Å². The van der Waals surface area contributed by atoms with Crippen molar-refractivity contribution in [1.82, 2.24) is 10.3 Å². The number of ketones is 1. The van der Waals surface area contributed by atoms with Crippen molar-refractivity contribution in [3.63, 3.8) is 0 Å². The van der Waals surface area contributed by atoms with Gasteiger partial charge in [-0.3, -0.25) is 14.4 Å². The standard InChI is InChI=1S/C21H19ClN2O4/c1-2-13-6-5-8-14-16(10-23-20(13)14)18(25)12-28-19(26)11-24-21(27)15-7-3-4-9-17(15)22/h3-10,23H,2,11-12H2,1H3,(H,24,27). The third-order valence-electron chi connectivity index (χ3n) is 4.36. The number of hydrogen-bond acceptors (Lipinski definition) is 4. The molecule has 0 spiro atoms. The van der Waals surface area contributed by atoms with E-state index in [4.69, 9.17) is 16.3 Å². The monoisotopic (exact) mass is 398 g/mol. The van der Waals surface area contributed by atoms with Crippen molar-refractivity contribution in [2.75, 3.05) is 13.2 Å². The second-order valence-corrected chi connectivity index (χ2v) is 6.55. The molecule has 0 saturated heterocycles. The molecule has 3 aromatic rings. The molecule has 0 saturated carbocycles. The first-order valence-corrected chi connectivity index (χ1v) is 9.19. The van der Waals surface area contributed by atoms with Gasteiger partial charge in [0.25, 0.3) is 5.91 Å². The molecule has 0 aliphatic heterocycles. The van der Waals surface area contributed by atoms with E-state index in [0.717, 1.165) is 22.9 Å². The Labute approximate surface area is 166 Å². The molecule has 0 unspecified atom stereocenters. The van der Waals surface area contributed by atoms with Crippen LogP contribution in [-0.2, 0) is 16.0 Å². The Hall–Kier alpha value is -3.12. The number of aromatic nitrogens is 1. The Bertz CT molecular complexity index is 1040. The first kappa shape index (κ1) is 19.6. The summed E-state index contributed by atoms with van der Waals surface area (Å²) in [5.41, 5.74) is 2.75. The van der Waals surface area contributed by atoms with Gasteiger partial charge in [0.15, 0.2) is 6.61 Å². The smallest absolute Gasteiger partial charge is 0.325 e. The van der Waals surface area contributed by atoms with Crippen LogP contribution in [-0.4, -0.2) is 35.8 Å². The van der Waals surface area contributed by atoms with Gasteiger partial charge < -0.3 is 15.0 Å². The van der Waals surface area contributed by atoms with E-state index in [2.05, 4.69) is 10.3 Å². The highest BCUT2D eigenvalue weighted by molar-refractivity contribution is 6.33. The minimum Gasteiger partial charge on any atom is -0.456 e. The summed E-state index contributed by atoms with van der Waals surface area (Å²) in [6, 6.07) is 12.2. The normalized spacial score (nSPS) is 10.6. The van der Waals surface area contributed by atoms with Crippen molar-refractivity contribution in [3.05, 3.63) is 70.4 Å². The summed E-state index contributed by atoms with van der Waals surface area (Å²) in [5.74, 6) is -1.51. The van der Waals surface area contributed by atoms with E-state index in [1.54, 1.807) is 30.5 Å². The van der Waals surface area contributed by atoms with Gasteiger partial charge in [-0.2, -0.15) is 0 Å². The number of ether oxygens (including phenoxy) is 1. The molecule has 28 heavy (non-hydrogen) atoms. The number of Topliss-reactive ketones (excluding diaryl/α,β-unsaturated/α-hetero) is 1. The van der Waals surface area contributed by atoms with Gasteiger partial charge in [-0.15, -0.1) is 0 Å². The van der Waals surface area contributed by atoms with Crippen molar-refractivity contribution < 1.29 is 19.1 Å². The molecule has 0 atom stereocenters. The van der Waals surface area contributed by atoms with Gasteiger partial charge in [-0.25, -0.2) is 0 Å². The van der Waals surface area contributed by atoms with E-state index >= 15 is 0 Å². The molecule has 1 amide bonds. The molecule has 3 rings (SSSR count). The quantitative estimate of drug-likeness (QED) is 0.470. The number of benzene rings is 2. The molecule has 2 aromatic carbocycles. The van der Waals surface area contributed by atoms with Gasteiger partial charge in [0.2, 0.25) is 5.78 Å². The molecular formula is C21H19ClN2O4. The van der Waals surface area contributed by atoms with Gasteiger partial charge in [0, 0.05) is 22.7 Å². The number of carbonyl (C=O) groups excluding carboxylic acids is 3.